The Balaban J connectivity index is 1.71. The Hall–Kier alpha value is -1.13. The number of nitrogens with zero attached hydrogens (tertiary/aromatic N) is 3. The predicted octanol–water partition coefficient (Wildman–Crippen LogP) is 1.39. The highest BCUT2D eigenvalue weighted by Crippen LogP contribution is 2.29. The zero-order valence-electron chi connectivity index (χ0n) is 11.0. The highest BCUT2D eigenvalue weighted by Gasteiger charge is 2.31. The van der Waals surface area contributed by atoms with Gasteiger partial charge in [-0.2, -0.15) is 0 Å². The first-order valence-electron chi connectivity index (χ1n) is 6.95. The second kappa shape index (κ2) is 4.86. The molecular weight excluding hydrogens is 224 g/mol. The molecule has 0 aromatic carbocycles. The standard InChI is InChI=1S/C14H22N4/c1-11(15)13-3-2-6-16-14(13)18-9-7-17(8-10-18)12-4-5-12/h2-3,6,11-12H,4-5,7-10,15H2,1H3. The number of hydrogen-bond donors (Lipinski definition) is 1. The van der Waals surface area contributed by atoms with Gasteiger partial charge in [-0.25, -0.2) is 4.98 Å². The smallest absolute Gasteiger partial charge is 0.133 e. The van der Waals surface area contributed by atoms with Gasteiger partial charge >= 0.3 is 0 Å². The number of anilines is 1. The molecule has 0 radical (unpaired) electrons. The van der Waals surface area contributed by atoms with E-state index in [0.29, 0.717) is 0 Å². The molecule has 1 aliphatic carbocycles. The molecule has 0 amide bonds. The Morgan fingerprint density at radius 2 is 2.00 bits per heavy atom. The molecule has 1 atom stereocenters. The molecule has 4 nitrogen and oxygen atoms in total. The summed E-state index contributed by atoms with van der Waals surface area (Å²) in [6.45, 7) is 6.51. The van der Waals surface area contributed by atoms with Crippen LogP contribution in [0.15, 0.2) is 18.3 Å². The molecule has 3 rings (SSSR count). The van der Waals surface area contributed by atoms with Crippen LogP contribution in [-0.2, 0) is 0 Å². The Bertz CT molecular complexity index is 406. The van der Waals surface area contributed by atoms with Crippen molar-refractivity contribution < 1.29 is 0 Å². The zero-order chi connectivity index (χ0) is 12.5. The lowest BCUT2D eigenvalue weighted by atomic mass is 10.1. The van der Waals surface area contributed by atoms with Crippen LogP contribution in [0.5, 0.6) is 0 Å². The second-order valence-corrected chi connectivity index (χ2v) is 5.46. The molecule has 18 heavy (non-hydrogen) atoms. The molecular formula is C14H22N4. The number of rotatable bonds is 3. The first kappa shape index (κ1) is 11.9. The van der Waals surface area contributed by atoms with E-state index in [1.54, 1.807) is 0 Å². The Morgan fingerprint density at radius 1 is 1.28 bits per heavy atom. The van der Waals surface area contributed by atoms with E-state index < -0.39 is 0 Å². The Morgan fingerprint density at radius 3 is 2.61 bits per heavy atom. The molecule has 1 aliphatic heterocycles. The van der Waals surface area contributed by atoms with Gasteiger partial charge in [0, 0.05) is 50.0 Å². The topological polar surface area (TPSA) is 45.4 Å². The molecule has 2 aliphatic rings. The summed E-state index contributed by atoms with van der Waals surface area (Å²) in [5.74, 6) is 1.09. The predicted molar refractivity (Wildman–Crippen MR) is 73.6 cm³/mol. The zero-order valence-corrected chi connectivity index (χ0v) is 11.0. The summed E-state index contributed by atoms with van der Waals surface area (Å²) in [7, 11) is 0. The van der Waals surface area contributed by atoms with Crippen molar-refractivity contribution in [1.82, 2.24) is 9.88 Å². The molecule has 2 fully saturated rings. The van der Waals surface area contributed by atoms with E-state index in [1.165, 1.54) is 25.9 Å². The van der Waals surface area contributed by atoms with Gasteiger partial charge in [0.05, 0.1) is 0 Å². The van der Waals surface area contributed by atoms with Crippen molar-refractivity contribution in [3.63, 3.8) is 0 Å². The number of piperazine rings is 1. The maximum atomic E-state index is 6.03. The first-order chi connectivity index (χ1) is 8.75. The van der Waals surface area contributed by atoms with Gasteiger partial charge in [-0.1, -0.05) is 6.07 Å². The molecule has 1 unspecified atom stereocenters. The maximum absolute atomic E-state index is 6.03. The van der Waals surface area contributed by atoms with Crippen molar-refractivity contribution >= 4 is 5.82 Å². The van der Waals surface area contributed by atoms with Crippen LogP contribution in [0, 0.1) is 0 Å². The van der Waals surface area contributed by atoms with Crippen molar-refractivity contribution in [1.29, 1.82) is 0 Å². The quantitative estimate of drug-likeness (QED) is 0.875. The van der Waals surface area contributed by atoms with Gasteiger partial charge in [0.15, 0.2) is 0 Å². The molecule has 2 heterocycles. The van der Waals surface area contributed by atoms with Gasteiger partial charge in [-0.3, -0.25) is 4.90 Å². The third-order valence-corrected chi connectivity index (χ3v) is 3.98. The lowest BCUT2D eigenvalue weighted by Gasteiger charge is -2.36. The van der Waals surface area contributed by atoms with Crippen molar-refractivity contribution in [2.24, 2.45) is 5.73 Å². The number of hydrogen-bond acceptors (Lipinski definition) is 4. The lowest BCUT2D eigenvalue weighted by molar-refractivity contribution is 0.247. The van der Waals surface area contributed by atoms with Gasteiger partial charge < -0.3 is 10.6 Å². The van der Waals surface area contributed by atoms with Gasteiger partial charge in [-0.15, -0.1) is 0 Å². The third-order valence-electron chi connectivity index (χ3n) is 3.98. The Labute approximate surface area is 109 Å². The fourth-order valence-electron chi connectivity index (χ4n) is 2.77. The summed E-state index contributed by atoms with van der Waals surface area (Å²) in [5.41, 5.74) is 7.19. The van der Waals surface area contributed by atoms with E-state index >= 15 is 0 Å². The lowest BCUT2D eigenvalue weighted by Crippen LogP contribution is -2.47. The molecule has 1 aromatic rings. The summed E-state index contributed by atoms with van der Waals surface area (Å²) in [5, 5.41) is 0. The van der Waals surface area contributed by atoms with Crippen molar-refractivity contribution in [3.8, 4) is 0 Å². The highest BCUT2D eigenvalue weighted by molar-refractivity contribution is 5.48. The third kappa shape index (κ3) is 2.35. The maximum Gasteiger partial charge on any atom is 0.133 e. The van der Waals surface area contributed by atoms with Crippen LogP contribution < -0.4 is 10.6 Å². The molecule has 0 spiro atoms. The first-order valence-corrected chi connectivity index (χ1v) is 6.95. The minimum Gasteiger partial charge on any atom is -0.354 e. The number of pyridine rings is 1. The summed E-state index contributed by atoms with van der Waals surface area (Å²) in [6, 6.07) is 5.00. The van der Waals surface area contributed by atoms with Gasteiger partial charge in [-0.05, 0) is 25.8 Å². The van der Waals surface area contributed by atoms with E-state index in [4.69, 9.17) is 5.73 Å². The minimum atomic E-state index is 0.0511. The average Bonchev–Trinajstić information content (AvgIpc) is 3.23. The van der Waals surface area contributed by atoms with E-state index in [-0.39, 0.29) is 6.04 Å². The molecule has 4 heteroatoms. The van der Waals surface area contributed by atoms with Crippen LogP contribution in [0.4, 0.5) is 5.82 Å². The van der Waals surface area contributed by atoms with Gasteiger partial charge in [0.25, 0.3) is 0 Å². The van der Waals surface area contributed by atoms with Gasteiger partial charge in [0.1, 0.15) is 5.82 Å². The van der Waals surface area contributed by atoms with Crippen molar-refractivity contribution in [2.75, 3.05) is 31.1 Å². The van der Waals surface area contributed by atoms with Crippen molar-refractivity contribution in [2.45, 2.75) is 31.8 Å². The SMILES string of the molecule is CC(N)c1cccnc1N1CCN(C2CC2)CC1. The monoisotopic (exact) mass is 246 g/mol. The average molecular weight is 246 g/mol. The molecule has 1 saturated heterocycles. The van der Waals surface area contributed by atoms with Crippen LogP contribution in [0.2, 0.25) is 0 Å². The molecule has 0 bridgehead atoms. The fourth-order valence-corrected chi connectivity index (χ4v) is 2.77. The molecule has 1 saturated carbocycles. The van der Waals surface area contributed by atoms with E-state index in [2.05, 4.69) is 20.9 Å². The minimum absolute atomic E-state index is 0.0511. The molecule has 1 aromatic heterocycles. The van der Waals surface area contributed by atoms with E-state index in [0.717, 1.165) is 30.5 Å². The van der Waals surface area contributed by atoms with Crippen LogP contribution >= 0.6 is 0 Å². The fraction of sp³-hybridized carbons (Fsp3) is 0.643. The molecule has 98 valence electrons. The summed E-state index contributed by atoms with van der Waals surface area (Å²) in [6.07, 6.45) is 4.66. The van der Waals surface area contributed by atoms with Crippen molar-refractivity contribution in [3.05, 3.63) is 23.9 Å². The van der Waals surface area contributed by atoms with Crippen LogP contribution in [0.1, 0.15) is 31.4 Å². The highest BCUT2D eigenvalue weighted by atomic mass is 15.3. The van der Waals surface area contributed by atoms with E-state index in [9.17, 15) is 0 Å². The number of nitrogens with two attached hydrogens (primary N) is 1. The van der Waals surface area contributed by atoms with E-state index in [1.807, 2.05) is 19.2 Å². The Kier molecular flexibility index (Phi) is 3.22. The second-order valence-electron chi connectivity index (χ2n) is 5.46. The largest absolute Gasteiger partial charge is 0.354 e. The van der Waals surface area contributed by atoms with Crippen LogP contribution in [-0.4, -0.2) is 42.1 Å². The van der Waals surface area contributed by atoms with Crippen LogP contribution in [0.25, 0.3) is 0 Å². The number of aromatic nitrogens is 1. The summed E-state index contributed by atoms with van der Waals surface area (Å²) < 4.78 is 0. The summed E-state index contributed by atoms with van der Waals surface area (Å²) in [4.78, 5) is 9.54. The van der Waals surface area contributed by atoms with Crippen LogP contribution in [0.3, 0.4) is 0 Å². The normalized spacial score (nSPS) is 23.1. The molecule has 2 N–H and O–H groups in total. The summed E-state index contributed by atoms with van der Waals surface area (Å²) >= 11 is 0. The van der Waals surface area contributed by atoms with Gasteiger partial charge in [0.2, 0.25) is 0 Å².